The maximum atomic E-state index is 12.5. The molecule has 0 spiro atoms. The number of aromatic amines is 1. The number of aromatic nitrogens is 2. The summed E-state index contributed by atoms with van der Waals surface area (Å²) in [5.41, 5.74) is 6.77. The maximum Gasteiger partial charge on any atom is 0.339 e. The van der Waals surface area contributed by atoms with Crippen LogP contribution in [0, 0.1) is 0 Å². The van der Waals surface area contributed by atoms with E-state index in [4.69, 9.17) is 4.74 Å². The van der Waals surface area contributed by atoms with E-state index in [1.54, 1.807) is 6.20 Å². The second-order valence-electron chi connectivity index (χ2n) is 7.42. The minimum Gasteiger partial charge on any atom is -0.462 e. The van der Waals surface area contributed by atoms with Crippen molar-refractivity contribution in [2.45, 2.75) is 38.8 Å². The minimum absolute atomic E-state index is 0.222. The molecule has 3 aromatic rings. The fraction of sp³-hybridized carbons (Fsp3) is 0.364. The predicted molar refractivity (Wildman–Crippen MR) is 104 cm³/mol. The zero-order valence-electron chi connectivity index (χ0n) is 15.7. The summed E-state index contributed by atoms with van der Waals surface area (Å²) in [4.78, 5) is 23.0. The van der Waals surface area contributed by atoms with Crippen LogP contribution in [0.3, 0.4) is 0 Å². The molecule has 2 aliphatic rings. The van der Waals surface area contributed by atoms with Crippen molar-refractivity contribution in [1.29, 1.82) is 0 Å². The van der Waals surface area contributed by atoms with Crippen molar-refractivity contribution in [3.8, 4) is 0 Å². The third-order valence-corrected chi connectivity index (χ3v) is 6.13. The standard InChI is InChI=1S/C22H23N3O2/c1-3-27-22(26)18-12-23-11-17-13(2)25-9-8-15-14-6-4-5-7-19(14)24-21(15)20(25)10-16(17)18/h4-7,11-13,20,24H,3,8-10H2,1-2H3/t13-,20-/m0/s1. The highest BCUT2D eigenvalue weighted by Crippen LogP contribution is 2.45. The second-order valence-corrected chi connectivity index (χ2v) is 7.42. The number of fused-ring (bicyclic) bond motifs is 6. The fourth-order valence-electron chi connectivity index (χ4n) is 4.87. The average Bonchev–Trinajstić information content (AvgIpc) is 3.07. The molecule has 0 saturated heterocycles. The molecule has 1 aromatic carbocycles. The van der Waals surface area contributed by atoms with Gasteiger partial charge >= 0.3 is 5.97 Å². The highest BCUT2D eigenvalue weighted by Gasteiger charge is 2.39. The van der Waals surface area contributed by atoms with Crippen LogP contribution in [0.5, 0.6) is 0 Å². The van der Waals surface area contributed by atoms with Crippen LogP contribution in [0.15, 0.2) is 36.7 Å². The van der Waals surface area contributed by atoms with Gasteiger partial charge in [0.2, 0.25) is 0 Å². The van der Waals surface area contributed by atoms with Gasteiger partial charge in [0, 0.05) is 41.6 Å². The monoisotopic (exact) mass is 361 g/mol. The zero-order valence-corrected chi connectivity index (χ0v) is 15.7. The van der Waals surface area contributed by atoms with E-state index in [1.165, 1.54) is 22.2 Å². The van der Waals surface area contributed by atoms with Crippen molar-refractivity contribution in [2.75, 3.05) is 13.2 Å². The first-order chi connectivity index (χ1) is 13.2. The molecule has 0 fully saturated rings. The van der Waals surface area contributed by atoms with Gasteiger partial charge in [-0.05, 0) is 49.4 Å². The SMILES string of the molecule is CCOC(=O)c1cncc2c1C[C@H]1c3[nH]c4ccccc4c3CCN1[C@H]2C. The van der Waals surface area contributed by atoms with Gasteiger partial charge < -0.3 is 9.72 Å². The molecule has 27 heavy (non-hydrogen) atoms. The van der Waals surface area contributed by atoms with Crippen LogP contribution in [0.1, 0.15) is 58.7 Å². The Labute approximate surface area is 158 Å². The van der Waals surface area contributed by atoms with E-state index in [2.05, 4.69) is 46.1 Å². The number of para-hydroxylation sites is 1. The summed E-state index contributed by atoms with van der Waals surface area (Å²) < 4.78 is 5.28. The number of esters is 1. The molecule has 2 atom stereocenters. The molecule has 1 N–H and O–H groups in total. The first-order valence-electron chi connectivity index (χ1n) is 9.68. The minimum atomic E-state index is -0.268. The Morgan fingerprint density at radius 2 is 2.15 bits per heavy atom. The largest absolute Gasteiger partial charge is 0.462 e. The summed E-state index contributed by atoms with van der Waals surface area (Å²) in [5, 5.41) is 1.32. The molecule has 2 aliphatic heterocycles. The number of nitrogens with one attached hydrogen (secondary N) is 1. The van der Waals surface area contributed by atoms with Gasteiger partial charge in [0.05, 0.1) is 18.2 Å². The van der Waals surface area contributed by atoms with Gasteiger partial charge in [0.25, 0.3) is 0 Å². The second kappa shape index (κ2) is 6.20. The van der Waals surface area contributed by atoms with Gasteiger partial charge in [-0.1, -0.05) is 18.2 Å². The first-order valence-corrected chi connectivity index (χ1v) is 9.68. The molecule has 0 bridgehead atoms. The van der Waals surface area contributed by atoms with Crippen LogP contribution in [-0.4, -0.2) is 34.0 Å². The van der Waals surface area contributed by atoms with Crippen molar-refractivity contribution in [2.24, 2.45) is 0 Å². The van der Waals surface area contributed by atoms with Crippen LogP contribution in [-0.2, 0) is 17.6 Å². The van der Waals surface area contributed by atoms with E-state index < -0.39 is 0 Å². The molecule has 0 radical (unpaired) electrons. The van der Waals surface area contributed by atoms with Crippen molar-refractivity contribution in [3.63, 3.8) is 0 Å². The lowest BCUT2D eigenvalue weighted by atomic mass is 9.82. The van der Waals surface area contributed by atoms with Gasteiger partial charge in [0.1, 0.15) is 0 Å². The Kier molecular flexibility index (Phi) is 3.79. The topological polar surface area (TPSA) is 58.2 Å². The zero-order chi connectivity index (χ0) is 18.5. The van der Waals surface area contributed by atoms with Crippen LogP contribution < -0.4 is 0 Å². The quantitative estimate of drug-likeness (QED) is 0.702. The van der Waals surface area contributed by atoms with Crippen molar-refractivity contribution in [3.05, 3.63) is 64.6 Å². The predicted octanol–water partition coefficient (Wildman–Crippen LogP) is 3.96. The molecule has 138 valence electrons. The van der Waals surface area contributed by atoms with E-state index >= 15 is 0 Å². The number of rotatable bonds is 2. The number of hydrogen-bond donors (Lipinski definition) is 1. The molecule has 2 aromatic heterocycles. The molecular formula is C22H23N3O2. The number of carbonyl (C=O) groups is 1. The Hall–Kier alpha value is -2.66. The summed E-state index contributed by atoms with van der Waals surface area (Å²) in [6.07, 6.45) is 5.42. The number of pyridine rings is 1. The smallest absolute Gasteiger partial charge is 0.339 e. The van der Waals surface area contributed by atoms with Crippen LogP contribution in [0.25, 0.3) is 10.9 Å². The molecule has 0 aliphatic carbocycles. The van der Waals surface area contributed by atoms with E-state index in [1.807, 2.05) is 13.1 Å². The van der Waals surface area contributed by atoms with Crippen molar-refractivity contribution < 1.29 is 9.53 Å². The molecule has 5 rings (SSSR count). The van der Waals surface area contributed by atoms with Gasteiger partial charge in [-0.3, -0.25) is 9.88 Å². The lowest BCUT2D eigenvalue weighted by Crippen LogP contribution is -2.42. The molecule has 0 unspecified atom stereocenters. The highest BCUT2D eigenvalue weighted by molar-refractivity contribution is 5.91. The molecule has 4 heterocycles. The van der Waals surface area contributed by atoms with E-state index in [9.17, 15) is 4.79 Å². The van der Waals surface area contributed by atoms with E-state index in [0.717, 1.165) is 30.5 Å². The lowest BCUT2D eigenvalue weighted by Gasteiger charge is -2.44. The van der Waals surface area contributed by atoms with Crippen LogP contribution in [0.2, 0.25) is 0 Å². The highest BCUT2D eigenvalue weighted by atomic mass is 16.5. The van der Waals surface area contributed by atoms with Crippen molar-refractivity contribution >= 4 is 16.9 Å². The molecule has 5 heteroatoms. The van der Waals surface area contributed by atoms with Gasteiger partial charge in [-0.15, -0.1) is 0 Å². The number of hydrogen-bond acceptors (Lipinski definition) is 4. The molecule has 0 amide bonds. The lowest BCUT2D eigenvalue weighted by molar-refractivity contribution is 0.0520. The summed E-state index contributed by atoms with van der Waals surface area (Å²) in [7, 11) is 0. The van der Waals surface area contributed by atoms with Crippen LogP contribution in [0.4, 0.5) is 0 Å². The Balaban J connectivity index is 1.63. The van der Waals surface area contributed by atoms with E-state index in [0.29, 0.717) is 12.2 Å². The molecular weight excluding hydrogens is 338 g/mol. The fourth-order valence-corrected chi connectivity index (χ4v) is 4.87. The molecule has 0 saturated carbocycles. The average molecular weight is 361 g/mol. The number of benzene rings is 1. The third kappa shape index (κ3) is 2.42. The number of carbonyl (C=O) groups excluding carboxylic acids is 1. The van der Waals surface area contributed by atoms with E-state index in [-0.39, 0.29) is 18.1 Å². The number of nitrogens with zero attached hydrogens (tertiary/aromatic N) is 2. The summed E-state index contributed by atoms with van der Waals surface area (Å²) in [6.45, 7) is 5.45. The van der Waals surface area contributed by atoms with Crippen molar-refractivity contribution in [1.82, 2.24) is 14.9 Å². The van der Waals surface area contributed by atoms with Crippen LogP contribution >= 0.6 is 0 Å². The summed E-state index contributed by atoms with van der Waals surface area (Å²) in [5.74, 6) is -0.268. The summed E-state index contributed by atoms with van der Waals surface area (Å²) in [6, 6.07) is 9.00. The van der Waals surface area contributed by atoms with Gasteiger partial charge in [0.15, 0.2) is 0 Å². The Morgan fingerprint density at radius 1 is 1.30 bits per heavy atom. The number of H-pyrrole nitrogens is 1. The first kappa shape index (κ1) is 16.5. The molecule has 5 nitrogen and oxygen atoms in total. The van der Waals surface area contributed by atoms with Gasteiger partial charge in [-0.25, -0.2) is 4.79 Å². The Morgan fingerprint density at radius 3 is 3.00 bits per heavy atom. The third-order valence-electron chi connectivity index (χ3n) is 6.13. The normalized spacial score (nSPS) is 21.4. The summed E-state index contributed by atoms with van der Waals surface area (Å²) >= 11 is 0. The number of ether oxygens (including phenoxy) is 1. The Bertz CT molecular complexity index is 1040. The van der Waals surface area contributed by atoms with Gasteiger partial charge in [-0.2, -0.15) is 0 Å². The maximum absolute atomic E-state index is 12.5.